The maximum Gasteiger partial charge on any atom is 0.0387 e. The normalized spacial score (nSPS) is 14.2. The van der Waals surface area contributed by atoms with Gasteiger partial charge in [-0.05, 0) is 65.6 Å². The zero-order valence-corrected chi connectivity index (χ0v) is 15.7. The first kappa shape index (κ1) is 15.5. The molecule has 0 amide bonds. The van der Waals surface area contributed by atoms with Crippen LogP contribution in [0.15, 0.2) is 65.1 Å². The second-order valence-corrected chi connectivity index (χ2v) is 7.98. The van der Waals surface area contributed by atoms with Gasteiger partial charge in [-0.3, -0.25) is 0 Å². The lowest BCUT2D eigenvalue weighted by Gasteiger charge is -2.22. The highest BCUT2D eigenvalue weighted by molar-refractivity contribution is 9.10. The number of benzene rings is 3. The molecule has 0 saturated heterocycles. The van der Waals surface area contributed by atoms with Crippen molar-refractivity contribution in [1.29, 1.82) is 0 Å². The summed E-state index contributed by atoms with van der Waals surface area (Å²) in [5.74, 6) is 0. The van der Waals surface area contributed by atoms with E-state index in [0.717, 1.165) is 15.8 Å². The van der Waals surface area contributed by atoms with E-state index < -0.39 is 0 Å². The van der Waals surface area contributed by atoms with Crippen molar-refractivity contribution in [3.05, 3.63) is 81.8 Å². The number of hydrogen-bond donors (Lipinski definition) is 1. The number of nitrogens with one attached hydrogen (secondary N) is 1. The topological polar surface area (TPSA) is 12.0 Å². The summed E-state index contributed by atoms with van der Waals surface area (Å²) in [6, 6.07) is 21.8. The second-order valence-electron chi connectivity index (χ2n) is 7.07. The molecular formula is C22H20BrN. The van der Waals surface area contributed by atoms with Crippen molar-refractivity contribution in [1.82, 2.24) is 0 Å². The standard InChI is InChI=1S/C22H20BrN/c1-14-4-7-16(8-5-14)24-17-9-11-19-18-10-6-15(23)12-20(18)22(2,3)21(19)13-17/h4-13,24H,1-3H3. The summed E-state index contributed by atoms with van der Waals surface area (Å²) in [6.45, 7) is 6.72. The van der Waals surface area contributed by atoms with E-state index in [9.17, 15) is 0 Å². The van der Waals surface area contributed by atoms with Gasteiger partial charge in [-0.25, -0.2) is 0 Å². The molecular weight excluding hydrogens is 358 g/mol. The average molecular weight is 378 g/mol. The molecule has 0 atom stereocenters. The molecule has 1 aliphatic rings. The predicted octanol–water partition coefficient (Wildman–Crippen LogP) is 6.81. The van der Waals surface area contributed by atoms with Crippen molar-refractivity contribution in [2.75, 3.05) is 5.32 Å². The fourth-order valence-electron chi connectivity index (χ4n) is 3.59. The van der Waals surface area contributed by atoms with Gasteiger partial charge in [0.05, 0.1) is 0 Å². The first-order chi connectivity index (χ1) is 11.4. The van der Waals surface area contributed by atoms with Crippen LogP contribution < -0.4 is 5.32 Å². The molecule has 4 rings (SSSR count). The predicted molar refractivity (Wildman–Crippen MR) is 106 cm³/mol. The Labute approximate surface area is 151 Å². The number of anilines is 2. The average Bonchev–Trinajstić information content (AvgIpc) is 2.77. The van der Waals surface area contributed by atoms with Crippen LogP contribution in [0.4, 0.5) is 11.4 Å². The summed E-state index contributed by atoms with van der Waals surface area (Å²) in [7, 11) is 0. The van der Waals surface area contributed by atoms with Gasteiger partial charge in [0.2, 0.25) is 0 Å². The summed E-state index contributed by atoms with van der Waals surface area (Å²) < 4.78 is 1.14. The van der Waals surface area contributed by atoms with E-state index >= 15 is 0 Å². The maximum absolute atomic E-state index is 3.61. The first-order valence-electron chi connectivity index (χ1n) is 8.24. The Morgan fingerprint density at radius 3 is 2.04 bits per heavy atom. The number of aryl methyl sites for hydroxylation is 1. The molecule has 1 aliphatic carbocycles. The Balaban J connectivity index is 1.76. The Morgan fingerprint density at radius 1 is 0.750 bits per heavy atom. The van der Waals surface area contributed by atoms with Crippen molar-refractivity contribution >= 4 is 27.3 Å². The van der Waals surface area contributed by atoms with E-state index in [1.165, 1.54) is 27.8 Å². The van der Waals surface area contributed by atoms with Crippen molar-refractivity contribution in [2.45, 2.75) is 26.2 Å². The Bertz CT molecular complexity index is 923. The fourth-order valence-corrected chi connectivity index (χ4v) is 3.95. The SMILES string of the molecule is Cc1ccc(Nc2ccc3c(c2)C(C)(C)c2cc(Br)ccc2-3)cc1. The Morgan fingerprint density at radius 2 is 1.33 bits per heavy atom. The van der Waals surface area contributed by atoms with E-state index in [-0.39, 0.29) is 5.41 Å². The van der Waals surface area contributed by atoms with Gasteiger partial charge in [-0.15, -0.1) is 0 Å². The third kappa shape index (κ3) is 2.46. The zero-order chi connectivity index (χ0) is 16.9. The summed E-state index contributed by atoms with van der Waals surface area (Å²) in [5, 5.41) is 3.53. The van der Waals surface area contributed by atoms with Crippen LogP contribution in [-0.4, -0.2) is 0 Å². The lowest BCUT2D eigenvalue weighted by molar-refractivity contribution is 0.660. The minimum Gasteiger partial charge on any atom is -0.356 e. The molecule has 2 heteroatoms. The second kappa shape index (κ2) is 5.49. The summed E-state index contributed by atoms with van der Waals surface area (Å²) >= 11 is 3.61. The van der Waals surface area contributed by atoms with Crippen LogP contribution >= 0.6 is 15.9 Å². The van der Waals surface area contributed by atoms with Crippen LogP contribution in [0, 0.1) is 6.92 Å². The van der Waals surface area contributed by atoms with Crippen molar-refractivity contribution in [3.8, 4) is 11.1 Å². The lowest BCUT2D eigenvalue weighted by Crippen LogP contribution is -2.15. The molecule has 0 unspecified atom stereocenters. The molecule has 1 nitrogen and oxygen atoms in total. The number of fused-ring (bicyclic) bond motifs is 3. The minimum atomic E-state index is 0.0133. The van der Waals surface area contributed by atoms with Gasteiger partial charge in [0, 0.05) is 21.3 Å². The summed E-state index contributed by atoms with van der Waals surface area (Å²) in [4.78, 5) is 0. The van der Waals surface area contributed by atoms with E-state index in [2.05, 4.69) is 103 Å². The fraction of sp³-hybridized carbons (Fsp3) is 0.182. The first-order valence-corrected chi connectivity index (χ1v) is 9.03. The Hall–Kier alpha value is -2.06. The molecule has 0 radical (unpaired) electrons. The molecule has 0 saturated carbocycles. The highest BCUT2D eigenvalue weighted by atomic mass is 79.9. The molecule has 120 valence electrons. The number of hydrogen-bond acceptors (Lipinski definition) is 1. The molecule has 3 aromatic rings. The van der Waals surface area contributed by atoms with Crippen molar-refractivity contribution < 1.29 is 0 Å². The molecule has 3 aromatic carbocycles. The molecule has 0 spiro atoms. The monoisotopic (exact) mass is 377 g/mol. The van der Waals surface area contributed by atoms with E-state index in [4.69, 9.17) is 0 Å². The van der Waals surface area contributed by atoms with E-state index in [0.29, 0.717) is 0 Å². The molecule has 0 aromatic heterocycles. The smallest absolute Gasteiger partial charge is 0.0387 e. The third-order valence-corrected chi connectivity index (χ3v) is 5.47. The zero-order valence-electron chi connectivity index (χ0n) is 14.2. The van der Waals surface area contributed by atoms with Gasteiger partial charge in [0.25, 0.3) is 0 Å². The van der Waals surface area contributed by atoms with Crippen molar-refractivity contribution in [2.24, 2.45) is 0 Å². The van der Waals surface area contributed by atoms with Crippen LogP contribution in [0.25, 0.3) is 11.1 Å². The van der Waals surface area contributed by atoms with Crippen LogP contribution in [0.2, 0.25) is 0 Å². The van der Waals surface area contributed by atoms with Crippen LogP contribution in [-0.2, 0) is 5.41 Å². The Kier molecular flexibility index (Phi) is 3.54. The summed E-state index contributed by atoms with van der Waals surface area (Å²) in [6.07, 6.45) is 0. The molecule has 0 heterocycles. The van der Waals surface area contributed by atoms with Gasteiger partial charge in [-0.1, -0.05) is 59.6 Å². The minimum absolute atomic E-state index is 0.0133. The molecule has 0 bridgehead atoms. The molecule has 0 fully saturated rings. The van der Waals surface area contributed by atoms with Gasteiger partial charge in [0.1, 0.15) is 0 Å². The van der Waals surface area contributed by atoms with Gasteiger partial charge in [0.15, 0.2) is 0 Å². The molecule has 0 aliphatic heterocycles. The largest absolute Gasteiger partial charge is 0.356 e. The molecule has 24 heavy (non-hydrogen) atoms. The third-order valence-electron chi connectivity index (χ3n) is 4.98. The van der Waals surface area contributed by atoms with Crippen molar-refractivity contribution in [3.63, 3.8) is 0 Å². The lowest BCUT2D eigenvalue weighted by atomic mass is 9.82. The molecule has 1 N–H and O–H groups in total. The van der Waals surface area contributed by atoms with E-state index in [1.807, 2.05) is 0 Å². The van der Waals surface area contributed by atoms with Crippen LogP contribution in [0.3, 0.4) is 0 Å². The highest BCUT2D eigenvalue weighted by Crippen LogP contribution is 2.50. The van der Waals surface area contributed by atoms with Crippen LogP contribution in [0.1, 0.15) is 30.5 Å². The summed E-state index contributed by atoms with van der Waals surface area (Å²) in [5.41, 5.74) is 9.01. The quantitative estimate of drug-likeness (QED) is 0.517. The number of rotatable bonds is 2. The van der Waals surface area contributed by atoms with Gasteiger partial charge < -0.3 is 5.32 Å². The van der Waals surface area contributed by atoms with E-state index in [1.54, 1.807) is 0 Å². The maximum atomic E-state index is 3.61. The van der Waals surface area contributed by atoms with Crippen LogP contribution in [0.5, 0.6) is 0 Å². The number of halogens is 1. The highest BCUT2D eigenvalue weighted by Gasteiger charge is 2.35. The van der Waals surface area contributed by atoms with Gasteiger partial charge >= 0.3 is 0 Å². The van der Waals surface area contributed by atoms with Gasteiger partial charge in [-0.2, -0.15) is 0 Å².